The first-order valence-corrected chi connectivity index (χ1v) is 6.17. The van der Waals surface area contributed by atoms with Crippen molar-refractivity contribution in [1.29, 1.82) is 0 Å². The van der Waals surface area contributed by atoms with Crippen LogP contribution in [-0.2, 0) is 12.8 Å². The Morgan fingerprint density at radius 2 is 1.84 bits per heavy atom. The molecule has 3 rings (SSSR count). The first kappa shape index (κ1) is 11.6. The maximum absolute atomic E-state index is 10.9. The average Bonchev–Trinajstić information content (AvgIpc) is 2.81. The van der Waals surface area contributed by atoms with E-state index in [1.165, 1.54) is 17.2 Å². The van der Waals surface area contributed by atoms with Gasteiger partial charge in [0.05, 0.1) is 4.92 Å². The second kappa shape index (κ2) is 4.68. The van der Waals surface area contributed by atoms with Gasteiger partial charge in [0.2, 0.25) is 5.82 Å². The van der Waals surface area contributed by atoms with Crippen LogP contribution in [0.2, 0.25) is 0 Å². The van der Waals surface area contributed by atoms with Crippen molar-refractivity contribution in [1.82, 2.24) is 4.98 Å². The Morgan fingerprint density at radius 1 is 1.16 bits per heavy atom. The molecule has 1 aromatic heterocycles. The van der Waals surface area contributed by atoms with Crippen molar-refractivity contribution in [2.45, 2.75) is 18.9 Å². The fraction of sp³-hybridized carbons (Fsp3) is 0.214. The molecule has 0 spiro atoms. The molecule has 0 amide bonds. The van der Waals surface area contributed by atoms with Gasteiger partial charge < -0.3 is 5.32 Å². The van der Waals surface area contributed by atoms with E-state index >= 15 is 0 Å². The molecule has 0 saturated carbocycles. The number of anilines is 1. The third kappa shape index (κ3) is 2.27. The van der Waals surface area contributed by atoms with Crippen molar-refractivity contribution >= 4 is 11.5 Å². The number of nitrogens with one attached hydrogen (secondary N) is 1. The summed E-state index contributed by atoms with van der Waals surface area (Å²) in [4.78, 5) is 14.6. The fourth-order valence-corrected chi connectivity index (χ4v) is 2.51. The molecule has 1 N–H and O–H groups in total. The average molecular weight is 255 g/mol. The Morgan fingerprint density at radius 3 is 2.47 bits per heavy atom. The second-order valence-electron chi connectivity index (χ2n) is 4.65. The van der Waals surface area contributed by atoms with Crippen LogP contribution in [0.3, 0.4) is 0 Å². The van der Waals surface area contributed by atoms with Crippen molar-refractivity contribution in [2.75, 3.05) is 5.32 Å². The predicted octanol–water partition coefficient (Wildman–Crippen LogP) is 2.57. The lowest BCUT2D eigenvalue weighted by molar-refractivity contribution is -0.384. The number of aromatic nitrogens is 1. The summed E-state index contributed by atoms with van der Waals surface area (Å²) in [6.45, 7) is 0. The van der Waals surface area contributed by atoms with E-state index in [4.69, 9.17) is 0 Å². The summed E-state index contributed by atoms with van der Waals surface area (Å²) < 4.78 is 0. The first-order valence-electron chi connectivity index (χ1n) is 6.17. The van der Waals surface area contributed by atoms with Gasteiger partial charge in [-0.3, -0.25) is 10.1 Å². The van der Waals surface area contributed by atoms with Crippen molar-refractivity contribution < 1.29 is 4.92 Å². The molecule has 1 aromatic carbocycles. The van der Waals surface area contributed by atoms with E-state index in [1.54, 1.807) is 12.3 Å². The van der Waals surface area contributed by atoms with Crippen LogP contribution in [-0.4, -0.2) is 15.9 Å². The van der Waals surface area contributed by atoms with Crippen molar-refractivity contribution in [3.63, 3.8) is 0 Å². The molecule has 19 heavy (non-hydrogen) atoms. The summed E-state index contributed by atoms with van der Waals surface area (Å²) >= 11 is 0. The van der Waals surface area contributed by atoms with Crippen LogP contribution in [0, 0.1) is 10.1 Å². The van der Waals surface area contributed by atoms with Crippen LogP contribution >= 0.6 is 0 Å². The summed E-state index contributed by atoms with van der Waals surface area (Å²) in [5.74, 6) is 0.352. The van der Waals surface area contributed by atoms with E-state index in [9.17, 15) is 10.1 Å². The molecule has 96 valence electrons. The molecule has 0 bridgehead atoms. The number of benzene rings is 1. The minimum Gasteiger partial charge on any atom is -0.361 e. The lowest BCUT2D eigenvalue weighted by atomic mass is 10.1. The summed E-state index contributed by atoms with van der Waals surface area (Å²) in [6.07, 6.45) is 3.32. The van der Waals surface area contributed by atoms with Gasteiger partial charge in [0, 0.05) is 18.3 Å². The molecule has 2 aromatic rings. The largest absolute Gasteiger partial charge is 0.361 e. The molecule has 5 nitrogen and oxygen atoms in total. The monoisotopic (exact) mass is 255 g/mol. The number of hydrogen-bond acceptors (Lipinski definition) is 4. The van der Waals surface area contributed by atoms with Gasteiger partial charge in [0.25, 0.3) is 0 Å². The van der Waals surface area contributed by atoms with Crippen LogP contribution < -0.4 is 5.32 Å². The van der Waals surface area contributed by atoms with E-state index in [0.717, 1.165) is 12.8 Å². The highest BCUT2D eigenvalue weighted by Gasteiger charge is 2.24. The van der Waals surface area contributed by atoms with Gasteiger partial charge in [0.15, 0.2) is 0 Å². The molecular weight excluding hydrogens is 242 g/mol. The van der Waals surface area contributed by atoms with E-state index in [-0.39, 0.29) is 11.7 Å². The molecular formula is C14H13N3O2. The standard InChI is InChI=1S/C14H13N3O2/c18-17(19)13-6-3-7-15-14(13)16-12-8-10-4-1-2-5-11(10)9-12/h1-7,12H,8-9H2,(H,15,16). The zero-order valence-electron chi connectivity index (χ0n) is 10.2. The number of fused-ring (bicyclic) bond motifs is 1. The highest BCUT2D eigenvalue weighted by atomic mass is 16.6. The molecule has 1 aliphatic carbocycles. The van der Waals surface area contributed by atoms with Crippen molar-refractivity contribution in [3.8, 4) is 0 Å². The SMILES string of the molecule is O=[N+]([O-])c1cccnc1NC1Cc2ccccc2C1. The minimum atomic E-state index is -0.405. The van der Waals surface area contributed by atoms with Crippen LogP contribution in [0.25, 0.3) is 0 Å². The zero-order chi connectivity index (χ0) is 13.2. The van der Waals surface area contributed by atoms with E-state index in [1.807, 2.05) is 12.1 Å². The summed E-state index contributed by atoms with van der Waals surface area (Å²) in [7, 11) is 0. The zero-order valence-corrected chi connectivity index (χ0v) is 10.2. The number of nitrogens with zero attached hydrogens (tertiary/aromatic N) is 2. The van der Waals surface area contributed by atoms with Crippen molar-refractivity contribution in [2.24, 2.45) is 0 Å². The van der Waals surface area contributed by atoms with Gasteiger partial charge >= 0.3 is 5.69 Å². The summed E-state index contributed by atoms with van der Waals surface area (Å²) in [5, 5.41) is 14.1. The third-order valence-electron chi connectivity index (χ3n) is 3.37. The number of pyridine rings is 1. The highest BCUT2D eigenvalue weighted by Crippen LogP contribution is 2.27. The van der Waals surface area contributed by atoms with Gasteiger partial charge in [-0.25, -0.2) is 4.98 Å². The van der Waals surface area contributed by atoms with E-state index in [0.29, 0.717) is 5.82 Å². The van der Waals surface area contributed by atoms with E-state index < -0.39 is 4.92 Å². The lowest BCUT2D eigenvalue weighted by Crippen LogP contribution is -2.20. The predicted molar refractivity (Wildman–Crippen MR) is 72.2 cm³/mol. The topological polar surface area (TPSA) is 68.1 Å². The maximum atomic E-state index is 10.9. The smallest absolute Gasteiger partial charge is 0.311 e. The van der Waals surface area contributed by atoms with Crippen LogP contribution in [0.4, 0.5) is 11.5 Å². The fourth-order valence-electron chi connectivity index (χ4n) is 2.51. The second-order valence-corrected chi connectivity index (χ2v) is 4.65. The number of rotatable bonds is 3. The van der Waals surface area contributed by atoms with Crippen LogP contribution in [0.1, 0.15) is 11.1 Å². The number of hydrogen-bond donors (Lipinski definition) is 1. The Balaban J connectivity index is 1.80. The molecule has 1 heterocycles. The van der Waals surface area contributed by atoms with Crippen molar-refractivity contribution in [3.05, 3.63) is 63.8 Å². The van der Waals surface area contributed by atoms with Gasteiger partial charge in [-0.05, 0) is 30.0 Å². The summed E-state index contributed by atoms with van der Waals surface area (Å²) in [5.41, 5.74) is 2.63. The van der Waals surface area contributed by atoms with Gasteiger partial charge in [-0.2, -0.15) is 0 Å². The van der Waals surface area contributed by atoms with Gasteiger partial charge in [-0.1, -0.05) is 24.3 Å². The van der Waals surface area contributed by atoms with E-state index in [2.05, 4.69) is 22.4 Å². The van der Waals surface area contributed by atoms with Crippen LogP contribution in [0.15, 0.2) is 42.6 Å². The highest BCUT2D eigenvalue weighted by molar-refractivity contribution is 5.56. The Kier molecular flexibility index (Phi) is 2.87. The molecule has 1 aliphatic rings. The molecule has 0 radical (unpaired) electrons. The minimum absolute atomic E-state index is 0.0263. The third-order valence-corrected chi connectivity index (χ3v) is 3.37. The maximum Gasteiger partial charge on any atom is 0.311 e. The molecule has 5 heteroatoms. The van der Waals surface area contributed by atoms with Gasteiger partial charge in [0.1, 0.15) is 0 Å². The van der Waals surface area contributed by atoms with Gasteiger partial charge in [-0.15, -0.1) is 0 Å². The summed E-state index contributed by atoms with van der Waals surface area (Å²) in [6, 6.07) is 11.5. The van der Waals surface area contributed by atoms with Crippen LogP contribution in [0.5, 0.6) is 0 Å². The molecule has 0 aliphatic heterocycles. The lowest BCUT2D eigenvalue weighted by Gasteiger charge is -2.12. The Labute approximate surface area is 110 Å². The molecule has 0 unspecified atom stereocenters. The molecule has 0 fully saturated rings. The quantitative estimate of drug-likeness (QED) is 0.676. The Bertz CT molecular complexity index is 603. The normalized spacial score (nSPS) is 14.1. The number of nitro groups is 1. The molecule has 0 saturated heterocycles. The molecule has 0 atom stereocenters. The first-order chi connectivity index (χ1) is 9.24. The Hall–Kier alpha value is -2.43.